The minimum absolute atomic E-state index is 0. The van der Waals surface area contributed by atoms with Crippen LogP contribution < -0.4 is 248 Å². The van der Waals surface area contributed by atoms with Crippen LogP contribution in [0.1, 0.15) is 0 Å². The van der Waals surface area contributed by atoms with Gasteiger partial charge in [0, 0.05) is 86.8 Å². The molecular weight excluding hydrogens is 2010 g/mol. The van der Waals surface area contributed by atoms with E-state index in [1.807, 2.05) is 0 Å². The zero-order valence-electron chi connectivity index (χ0n) is 71.6. The van der Waals surface area contributed by atoms with E-state index in [2.05, 4.69) is 61.4 Å². The number of anilines is 2. The molecule has 16 rings (SSSR count). The van der Waals surface area contributed by atoms with Crippen LogP contribution >= 0.6 is 0 Å². The molecule has 0 radical (unpaired) electrons. The Labute approximate surface area is 949 Å². The molecule has 0 saturated heterocycles. The molecule has 0 spiro atoms. The SMILES string of the molecule is Nc1ccc2c(O)c(N=Nc3ccc(N=Nc4ccc(N=Nc5cc(S(=O)(=O)[O-])c6cccc(S(=O)(=O)[O-])c6c5)c5ccccc45)c4cc(S(=O)(=O)[O-])ccc34)c(S(=O)(=O)[O-])cc2c1.Nc1ccc2c(O)c(N=Nc3ccc(N=Nc4ccc(N=Nc5cc(S(=O)(=O)[O-])c6cccc(S(=O)(=O)[O-])c6c5)c5ccccc45)c4ccc(S(=O)(=O)[O-])cc34)c(S(=O)(=O)[O-])cc2c1.[Na+].[Na+].[Na+].[Na+].[Na+].[Na+].[Na+].[Na+]. The number of nitrogen functional groups attached to an aromatic ring is 2. The summed E-state index contributed by atoms with van der Waals surface area (Å²) in [6, 6.07) is 51.8. The third-order valence-electron chi connectivity index (χ3n) is 19.4. The van der Waals surface area contributed by atoms with Gasteiger partial charge in [-0.25, -0.2) is 67.3 Å². The molecule has 0 saturated carbocycles. The van der Waals surface area contributed by atoms with Crippen molar-refractivity contribution < 1.29 is 350 Å². The Bertz CT molecular complexity index is 8820. The Kier molecular flexibility index (Phi) is 39.4. The third-order valence-corrected chi connectivity index (χ3v) is 26.3. The predicted molar refractivity (Wildman–Crippen MR) is 453 cm³/mol. The summed E-state index contributed by atoms with van der Waals surface area (Å²) in [6.07, 6.45) is 0. The van der Waals surface area contributed by atoms with E-state index in [4.69, 9.17) is 11.5 Å². The summed E-state index contributed by atoms with van der Waals surface area (Å²) in [4.78, 5) is -6.32. The van der Waals surface area contributed by atoms with E-state index in [9.17, 15) is 114 Å². The number of aromatic hydroxyl groups is 2. The van der Waals surface area contributed by atoms with Crippen LogP contribution in [0.5, 0.6) is 11.5 Å². The maximum atomic E-state index is 12.3. The van der Waals surface area contributed by atoms with Gasteiger partial charge in [-0.3, -0.25) is 0 Å². The van der Waals surface area contributed by atoms with Crippen LogP contribution in [-0.2, 0) is 80.9 Å². The molecule has 136 heavy (non-hydrogen) atoms. The smallest absolute Gasteiger partial charge is 0.744 e. The van der Waals surface area contributed by atoms with E-state index in [0.717, 1.165) is 84.9 Å². The number of hydrogen-bond donors (Lipinski definition) is 4. The van der Waals surface area contributed by atoms with Crippen molar-refractivity contribution in [1.29, 1.82) is 0 Å². The molecule has 16 aromatic carbocycles. The van der Waals surface area contributed by atoms with Gasteiger partial charge in [-0.05, 0) is 168 Å². The largest absolute Gasteiger partial charge is 1.00 e. The number of azo groups is 6. The van der Waals surface area contributed by atoms with Crippen LogP contribution in [-0.4, -0.2) is 114 Å². The van der Waals surface area contributed by atoms with Crippen molar-refractivity contribution >= 4 is 247 Å². The normalized spacial score (nSPS) is 12.4. The van der Waals surface area contributed by atoms with Crippen molar-refractivity contribution in [2.45, 2.75) is 39.2 Å². The molecule has 0 bridgehead atoms. The number of fused-ring (bicyclic) bond motifs is 8. The molecule has 56 heteroatoms. The molecule has 0 heterocycles. The Morgan fingerprint density at radius 3 is 0.713 bits per heavy atom. The van der Waals surface area contributed by atoms with Crippen LogP contribution in [0.25, 0.3) is 86.2 Å². The fourth-order valence-corrected chi connectivity index (χ4v) is 18.8. The van der Waals surface area contributed by atoms with Gasteiger partial charge < -0.3 is 58.1 Å². The number of phenolic OH excluding ortho intramolecular Hbond substituents is 2. The Balaban J connectivity index is 0.000000350. The average molecular weight is 2060 g/mol. The molecule has 0 fully saturated rings. The van der Waals surface area contributed by atoms with Gasteiger partial charge in [-0.15, -0.1) is 51.1 Å². The molecule has 0 aromatic heterocycles. The first-order chi connectivity index (χ1) is 60.1. The topological polar surface area (TPSA) is 698 Å². The number of nitrogens with two attached hydrogens (primary N) is 2. The zero-order valence-corrected chi connectivity index (χ0v) is 94.1. The fraction of sp³-hybridized carbons (Fsp3) is 0. The van der Waals surface area contributed by atoms with Crippen molar-refractivity contribution in [1.82, 2.24) is 0 Å². The summed E-state index contributed by atoms with van der Waals surface area (Å²) in [6.45, 7) is 0. The van der Waals surface area contributed by atoms with Crippen molar-refractivity contribution in [3.63, 3.8) is 0 Å². The minimum Gasteiger partial charge on any atom is -0.744 e. The number of phenols is 2. The van der Waals surface area contributed by atoms with E-state index >= 15 is 0 Å². The summed E-state index contributed by atoms with van der Waals surface area (Å²) >= 11 is 0. The molecule has 40 nitrogen and oxygen atoms in total. The second kappa shape index (κ2) is 45.9. The molecule has 0 aliphatic rings. The number of hydrogen-bond acceptors (Lipinski definition) is 40. The first-order valence-corrected chi connectivity index (χ1v) is 47.0. The molecule has 0 unspecified atom stereocenters. The van der Waals surface area contributed by atoms with Gasteiger partial charge in [-0.2, -0.15) is 10.2 Å². The quantitative estimate of drug-likeness (QED) is 0.0238. The van der Waals surface area contributed by atoms with Crippen molar-refractivity contribution in [3.8, 4) is 11.5 Å². The maximum absolute atomic E-state index is 12.3. The van der Waals surface area contributed by atoms with E-state index in [-0.39, 0.29) is 369 Å². The number of rotatable bonds is 20. The van der Waals surface area contributed by atoms with Gasteiger partial charge in [0.25, 0.3) is 0 Å². The summed E-state index contributed by atoms with van der Waals surface area (Å²) in [7, 11) is -41.1. The van der Waals surface area contributed by atoms with Gasteiger partial charge in [0.1, 0.15) is 92.3 Å². The van der Waals surface area contributed by atoms with Crippen LogP contribution in [0.2, 0.25) is 0 Å². The van der Waals surface area contributed by atoms with Gasteiger partial charge in [-0.1, -0.05) is 84.9 Å². The van der Waals surface area contributed by atoms with Crippen LogP contribution in [0.4, 0.5) is 79.6 Å². The zero-order chi connectivity index (χ0) is 91.9. The molecule has 6 N–H and O–H groups in total. The first-order valence-electron chi connectivity index (χ1n) is 35.7. The van der Waals surface area contributed by atoms with Crippen molar-refractivity contribution in [2.24, 2.45) is 61.4 Å². The molecule has 0 atom stereocenters. The minimum atomic E-state index is -5.25. The van der Waals surface area contributed by atoms with Crippen LogP contribution in [0.15, 0.2) is 343 Å². The molecule has 0 amide bonds. The second-order valence-corrected chi connectivity index (χ2v) is 38.3. The third kappa shape index (κ3) is 25.8. The standard InChI is InChI=1S/2C40H27N7O13S4.8Na/c41-22-8-10-25-21(16-22)17-38(64(58,59)60)39(40(25)48)47-46-34-14-15-35(30-20-24(61(49,50)51)9-11-28(30)34)45-44-33-13-12-32(26-4-1-2-5-27(26)33)43-42-23-18-31-29(37(19-23)63(55,56)57)6-3-7-36(31)62(52,53)54;41-22-8-10-25-21(16-22)17-38(64(58,59)60)39(40(25)48)47-46-35-15-14-34(28-11-9-24(20-30(28)35)61(49,50)51)45-44-33-13-12-32(26-4-1-2-5-27(26)33)43-42-23-18-31-29(37(19-23)63(55,56)57)6-3-7-36(31)62(52,53)54;;;;;;;;/h2*1-20,48H,41H2,(H,49,50,51)(H,52,53,54)(H,55,56,57)(H,58,59,60);;;;;;;;/q;;8*+1/p-8. The average Bonchev–Trinajstić information content (AvgIpc) is 0.762. The summed E-state index contributed by atoms with van der Waals surface area (Å²) in [5.41, 5.74) is 10.9. The van der Waals surface area contributed by atoms with Gasteiger partial charge >= 0.3 is 236 Å². The summed E-state index contributed by atoms with van der Waals surface area (Å²) in [5.74, 6) is -1.40. The van der Waals surface area contributed by atoms with E-state index in [1.54, 1.807) is 48.5 Å². The molecule has 16 aromatic rings. The van der Waals surface area contributed by atoms with Gasteiger partial charge in [0.05, 0.1) is 96.0 Å². The summed E-state index contributed by atoms with van der Waals surface area (Å²) < 4.78 is 291. The van der Waals surface area contributed by atoms with Crippen molar-refractivity contribution in [3.05, 3.63) is 243 Å². The maximum Gasteiger partial charge on any atom is 1.00 e. The van der Waals surface area contributed by atoms with Crippen LogP contribution in [0, 0.1) is 0 Å². The Morgan fingerprint density at radius 1 is 0.199 bits per heavy atom. The van der Waals surface area contributed by atoms with Crippen molar-refractivity contribution in [2.75, 3.05) is 11.5 Å². The number of nitrogens with zero attached hydrogens (tertiary/aromatic N) is 12. The number of benzene rings is 16. The monoisotopic (exact) mass is 2060 g/mol. The van der Waals surface area contributed by atoms with Gasteiger partial charge in [0.15, 0.2) is 11.5 Å². The van der Waals surface area contributed by atoms with Gasteiger partial charge in [0.2, 0.25) is 0 Å². The van der Waals surface area contributed by atoms with E-state index < -0.39 is 143 Å². The first kappa shape index (κ1) is 117. The summed E-state index contributed by atoms with van der Waals surface area (Å²) in [5, 5.41) is 73.1. The Morgan fingerprint density at radius 2 is 0.441 bits per heavy atom. The van der Waals surface area contributed by atoms with Crippen LogP contribution in [0.3, 0.4) is 0 Å². The molecule has 0 aliphatic carbocycles. The van der Waals surface area contributed by atoms with E-state index in [0.29, 0.717) is 21.5 Å². The molecule has 0 aliphatic heterocycles. The van der Waals surface area contributed by atoms with E-state index in [1.165, 1.54) is 109 Å². The second-order valence-electron chi connectivity index (χ2n) is 27.4. The fourth-order valence-electron chi connectivity index (χ4n) is 13.7. The Hall–Kier alpha value is -6.32. The molecular formula is C80H46N14Na8O26S8. The predicted octanol–water partition coefficient (Wildman–Crippen LogP) is -7.07. The molecule has 648 valence electrons.